The number of hydrogen-bond donors (Lipinski definition) is 1. The lowest BCUT2D eigenvalue weighted by molar-refractivity contribution is -0.217. The van der Waals surface area contributed by atoms with Crippen LogP contribution in [0.1, 0.15) is 45.4 Å². The highest BCUT2D eigenvalue weighted by Gasteiger charge is 2.92. The van der Waals surface area contributed by atoms with Crippen LogP contribution in [0.4, 0.5) is 0 Å². The van der Waals surface area contributed by atoms with Gasteiger partial charge in [0.15, 0.2) is 0 Å². The van der Waals surface area contributed by atoms with Crippen molar-refractivity contribution in [2.75, 3.05) is 6.54 Å². The van der Waals surface area contributed by atoms with E-state index in [2.05, 4.69) is 18.4 Å². The molecule has 10 atom stereocenters. The minimum atomic E-state index is -0.614. The van der Waals surface area contributed by atoms with Crippen LogP contribution >= 0.6 is 0 Å². The quantitative estimate of drug-likeness (QED) is 0.698. The van der Waals surface area contributed by atoms with Gasteiger partial charge in [-0.2, -0.15) is 0 Å². The van der Waals surface area contributed by atoms with E-state index in [9.17, 15) is 9.90 Å². The summed E-state index contributed by atoms with van der Waals surface area (Å²) in [5.41, 5.74) is 0.981. The SMILES string of the molecule is C=C1C[C@]23C[C@@]4(O)[C@@H]5[C@@]6(C)CCC[C@]57[C@@H]([C@@H]2C[C@@H]1C(=O)[C@@H]37)N4C6. The highest BCUT2D eigenvalue weighted by molar-refractivity contribution is 5.92. The van der Waals surface area contributed by atoms with Gasteiger partial charge >= 0.3 is 0 Å². The smallest absolute Gasteiger partial charge is 0.144 e. The summed E-state index contributed by atoms with van der Waals surface area (Å²) < 4.78 is 0. The fourth-order valence-corrected chi connectivity index (χ4v) is 10.3. The minimum Gasteiger partial charge on any atom is -0.375 e. The maximum Gasteiger partial charge on any atom is 0.144 e. The first-order chi connectivity index (χ1) is 10.9. The maximum absolute atomic E-state index is 13.4. The summed E-state index contributed by atoms with van der Waals surface area (Å²) in [6.07, 6.45) is 6.59. The lowest BCUT2D eigenvalue weighted by atomic mass is 9.40. The number of Topliss-reactive ketones (excluding diaryl/α,β-unsaturated/α-hetero) is 1. The third-order valence-corrected chi connectivity index (χ3v) is 9.96. The number of hydrogen-bond acceptors (Lipinski definition) is 3. The maximum atomic E-state index is 13.4. The predicted molar refractivity (Wildman–Crippen MR) is 84.2 cm³/mol. The zero-order valence-electron chi connectivity index (χ0n) is 13.8. The molecule has 3 heteroatoms. The molecule has 0 amide bonds. The van der Waals surface area contributed by atoms with Crippen LogP contribution in [0.25, 0.3) is 0 Å². The summed E-state index contributed by atoms with van der Waals surface area (Å²) >= 11 is 0. The first kappa shape index (κ1) is 12.7. The lowest BCUT2D eigenvalue weighted by Crippen LogP contribution is -2.66. The molecule has 0 aromatic rings. The highest BCUT2D eigenvalue weighted by Crippen LogP contribution is 2.88. The molecule has 9 fully saturated rings. The van der Waals surface area contributed by atoms with Crippen LogP contribution < -0.4 is 0 Å². The molecule has 6 aliphatic carbocycles. The summed E-state index contributed by atoms with van der Waals surface area (Å²) in [7, 11) is 0. The lowest BCUT2D eigenvalue weighted by Gasteiger charge is -2.63. The van der Waals surface area contributed by atoms with Crippen molar-refractivity contribution in [3.63, 3.8) is 0 Å². The number of aliphatic hydroxyl groups is 1. The Balaban J connectivity index is 1.58. The Morgan fingerprint density at radius 1 is 1.35 bits per heavy atom. The third-order valence-electron chi connectivity index (χ3n) is 9.96. The third kappa shape index (κ3) is 0.877. The van der Waals surface area contributed by atoms with E-state index in [4.69, 9.17) is 0 Å². The summed E-state index contributed by atoms with van der Waals surface area (Å²) in [5.74, 6) is 1.91. The minimum absolute atomic E-state index is 0.0674. The van der Waals surface area contributed by atoms with E-state index in [0.717, 1.165) is 25.8 Å². The second-order valence-corrected chi connectivity index (χ2v) is 10.5. The van der Waals surface area contributed by atoms with Gasteiger partial charge < -0.3 is 5.11 Å². The van der Waals surface area contributed by atoms with Crippen LogP contribution in [0.15, 0.2) is 12.2 Å². The molecular weight excluding hydrogens is 286 g/mol. The standard InChI is InChI=1S/C20H25NO2/c1-10-7-18-8-20(23)16-17(2)4-3-5-19(16)14(18)13(22)11(10)6-12(18)15(19)21(20)9-17/h11-12,14-16,23H,1,3-9H2,2H3/t11-,12-,14-,15+,16+,17-,18-,19-,20+/m0/s1. The molecule has 3 heterocycles. The molecule has 3 nitrogen and oxygen atoms in total. The van der Waals surface area contributed by atoms with Gasteiger partial charge in [0.05, 0.1) is 0 Å². The van der Waals surface area contributed by atoms with Crippen LogP contribution in [-0.2, 0) is 4.79 Å². The number of allylic oxidation sites excluding steroid dienone is 1. The van der Waals surface area contributed by atoms with Crippen LogP contribution in [0.5, 0.6) is 0 Å². The van der Waals surface area contributed by atoms with Crippen molar-refractivity contribution in [1.29, 1.82) is 0 Å². The number of carbonyl (C=O) groups excluding carboxylic acids is 1. The monoisotopic (exact) mass is 311 g/mol. The molecule has 6 saturated carbocycles. The summed E-state index contributed by atoms with van der Waals surface area (Å²) in [4.78, 5) is 16.0. The van der Waals surface area contributed by atoms with E-state index < -0.39 is 5.72 Å². The number of rotatable bonds is 0. The Kier molecular flexibility index (Phi) is 1.64. The second-order valence-electron chi connectivity index (χ2n) is 10.5. The van der Waals surface area contributed by atoms with Crippen molar-refractivity contribution in [3.05, 3.63) is 12.2 Å². The summed E-state index contributed by atoms with van der Waals surface area (Å²) in [6, 6.07) is 0.492. The summed E-state index contributed by atoms with van der Waals surface area (Å²) in [5, 5.41) is 11.8. The number of ketones is 1. The van der Waals surface area contributed by atoms with Crippen molar-refractivity contribution in [2.45, 2.75) is 57.2 Å². The fraction of sp³-hybridized carbons (Fsp3) is 0.850. The first-order valence-electron chi connectivity index (χ1n) is 9.59. The molecule has 2 spiro atoms. The van der Waals surface area contributed by atoms with Crippen molar-refractivity contribution in [3.8, 4) is 0 Å². The van der Waals surface area contributed by atoms with Gasteiger partial charge in [0, 0.05) is 35.8 Å². The summed E-state index contributed by atoms with van der Waals surface area (Å²) in [6.45, 7) is 7.75. The van der Waals surface area contributed by atoms with Crippen molar-refractivity contribution >= 4 is 5.78 Å². The van der Waals surface area contributed by atoms with Gasteiger partial charge in [0.25, 0.3) is 0 Å². The topological polar surface area (TPSA) is 40.5 Å². The molecule has 9 aliphatic rings. The Morgan fingerprint density at radius 3 is 3.00 bits per heavy atom. The van der Waals surface area contributed by atoms with E-state index in [1.54, 1.807) is 0 Å². The average molecular weight is 311 g/mol. The highest BCUT2D eigenvalue weighted by atomic mass is 16.3. The van der Waals surface area contributed by atoms with Crippen LogP contribution in [0.3, 0.4) is 0 Å². The Hall–Kier alpha value is -0.670. The first-order valence-corrected chi connectivity index (χ1v) is 9.59. The van der Waals surface area contributed by atoms with Crippen molar-refractivity contribution < 1.29 is 9.90 Å². The van der Waals surface area contributed by atoms with Gasteiger partial charge in [0.2, 0.25) is 0 Å². The predicted octanol–water partition coefficient (Wildman–Crippen LogP) is 2.35. The van der Waals surface area contributed by atoms with Gasteiger partial charge in [-0.1, -0.05) is 25.5 Å². The molecule has 9 bridgehead atoms. The normalized spacial score (nSPS) is 72.4. The van der Waals surface area contributed by atoms with Crippen molar-refractivity contribution in [2.24, 2.45) is 39.9 Å². The molecule has 122 valence electrons. The molecular formula is C20H25NO2. The zero-order chi connectivity index (χ0) is 15.6. The van der Waals surface area contributed by atoms with E-state index >= 15 is 0 Å². The van der Waals surface area contributed by atoms with Gasteiger partial charge in [-0.25, -0.2) is 0 Å². The molecule has 1 unspecified atom stereocenters. The molecule has 9 rings (SSSR count). The fourth-order valence-electron chi connectivity index (χ4n) is 10.3. The van der Waals surface area contributed by atoms with Crippen LogP contribution in [0.2, 0.25) is 0 Å². The molecule has 0 aromatic heterocycles. The van der Waals surface area contributed by atoms with E-state index in [1.807, 2.05) is 0 Å². The largest absolute Gasteiger partial charge is 0.375 e. The average Bonchev–Trinajstić information content (AvgIpc) is 2.81. The van der Waals surface area contributed by atoms with Crippen LogP contribution in [-0.4, -0.2) is 34.1 Å². The Labute approximate surface area is 137 Å². The Morgan fingerprint density at radius 2 is 2.17 bits per heavy atom. The molecule has 3 saturated heterocycles. The molecule has 1 N–H and O–H groups in total. The number of carbonyl (C=O) groups is 1. The molecule has 0 radical (unpaired) electrons. The molecule has 0 aromatic carbocycles. The Bertz CT molecular complexity index is 731. The molecule has 3 aliphatic heterocycles. The van der Waals surface area contributed by atoms with Gasteiger partial charge in [-0.15, -0.1) is 0 Å². The zero-order valence-corrected chi connectivity index (χ0v) is 13.8. The van der Waals surface area contributed by atoms with Crippen LogP contribution in [0, 0.1) is 39.9 Å². The van der Waals surface area contributed by atoms with Gasteiger partial charge in [0.1, 0.15) is 11.5 Å². The number of piperidine rings is 2. The number of nitrogens with zero attached hydrogens (tertiary/aromatic N) is 1. The van der Waals surface area contributed by atoms with Gasteiger partial charge in [-0.05, 0) is 48.9 Å². The molecule has 23 heavy (non-hydrogen) atoms. The second kappa shape index (κ2) is 2.99. The van der Waals surface area contributed by atoms with E-state index in [1.165, 1.54) is 24.8 Å². The number of fused-ring (bicyclic) bond motifs is 1. The van der Waals surface area contributed by atoms with E-state index in [-0.39, 0.29) is 28.1 Å². The van der Waals surface area contributed by atoms with E-state index in [0.29, 0.717) is 23.7 Å². The van der Waals surface area contributed by atoms with Crippen molar-refractivity contribution in [1.82, 2.24) is 4.90 Å². The van der Waals surface area contributed by atoms with Gasteiger partial charge in [-0.3, -0.25) is 9.69 Å².